The molecule has 2 saturated heterocycles. The second-order valence-electron chi connectivity index (χ2n) is 6.68. The van der Waals surface area contributed by atoms with Gasteiger partial charge in [-0.3, -0.25) is 0 Å². The summed E-state index contributed by atoms with van der Waals surface area (Å²) < 4.78 is 21.3. The summed E-state index contributed by atoms with van der Waals surface area (Å²) in [5.41, 5.74) is 8.21. The van der Waals surface area contributed by atoms with E-state index in [-0.39, 0.29) is 13.2 Å². The number of rotatable bonds is 9. The molecule has 29 heavy (non-hydrogen) atoms. The van der Waals surface area contributed by atoms with Gasteiger partial charge in [0, 0.05) is 18.1 Å². The first kappa shape index (κ1) is 24.1. The normalized spacial score (nSPS) is 43.0. The molecular weight excluding hydrogens is 398 g/mol. The van der Waals surface area contributed by atoms with Gasteiger partial charge in [-0.2, -0.15) is 0 Å². The van der Waals surface area contributed by atoms with E-state index in [9.17, 15) is 35.7 Å². The Hall–Kier alpha value is -1.13. The van der Waals surface area contributed by atoms with Crippen LogP contribution >= 0.6 is 0 Å². The first-order valence-corrected chi connectivity index (χ1v) is 9.06. The standard InChI is InChI=1S/C15H27N3O11/c16-18-17-2-1-3-26-14-12(25)10(23)13(7(5-20)28-14)29-15-11(24)9(22)8(21)6(4-19)27-15/h6-15,19-25H,1-5H2/t6-,7-,8+,9+,10-,11-,12-,13-,14-,15+/m1/s1. The molecule has 0 aromatic rings. The summed E-state index contributed by atoms with van der Waals surface area (Å²) in [4.78, 5) is 2.58. The van der Waals surface area contributed by atoms with Gasteiger partial charge in [0.2, 0.25) is 0 Å². The smallest absolute Gasteiger partial charge is 0.187 e. The summed E-state index contributed by atoms with van der Waals surface area (Å²) in [7, 11) is 0. The van der Waals surface area contributed by atoms with Gasteiger partial charge in [-0.1, -0.05) is 5.11 Å². The Morgan fingerprint density at radius 3 is 2.07 bits per heavy atom. The quantitative estimate of drug-likeness (QED) is 0.0823. The fourth-order valence-electron chi connectivity index (χ4n) is 3.07. The van der Waals surface area contributed by atoms with Crippen molar-refractivity contribution in [1.82, 2.24) is 0 Å². The van der Waals surface area contributed by atoms with Gasteiger partial charge in [-0.25, -0.2) is 0 Å². The number of aliphatic hydroxyl groups excluding tert-OH is 7. The van der Waals surface area contributed by atoms with Crippen molar-refractivity contribution in [2.75, 3.05) is 26.4 Å². The van der Waals surface area contributed by atoms with Crippen molar-refractivity contribution in [2.24, 2.45) is 5.11 Å². The second-order valence-corrected chi connectivity index (χ2v) is 6.68. The van der Waals surface area contributed by atoms with Crippen molar-refractivity contribution in [1.29, 1.82) is 0 Å². The Bertz CT molecular complexity index is 548. The lowest BCUT2D eigenvalue weighted by Crippen LogP contribution is -2.64. The van der Waals surface area contributed by atoms with Crippen LogP contribution in [0.4, 0.5) is 0 Å². The summed E-state index contributed by atoms with van der Waals surface area (Å²) in [6.07, 6.45) is -14.6. The zero-order valence-electron chi connectivity index (χ0n) is 15.4. The van der Waals surface area contributed by atoms with Crippen LogP contribution in [0, 0.1) is 0 Å². The fourth-order valence-corrected chi connectivity index (χ4v) is 3.07. The fraction of sp³-hybridized carbons (Fsp3) is 1.00. The molecule has 0 saturated carbocycles. The molecule has 2 aliphatic heterocycles. The molecule has 0 bridgehead atoms. The molecule has 7 N–H and O–H groups in total. The molecule has 0 aliphatic carbocycles. The maximum atomic E-state index is 10.4. The molecule has 2 fully saturated rings. The van der Waals surface area contributed by atoms with E-state index in [1.807, 2.05) is 0 Å². The largest absolute Gasteiger partial charge is 0.394 e. The zero-order chi connectivity index (χ0) is 21.6. The lowest BCUT2D eigenvalue weighted by molar-refractivity contribution is -0.359. The molecule has 2 rings (SSSR count). The van der Waals surface area contributed by atoms with Gasteiger partial charge < -0.3 is 54.7 Å². The van der Waals surface area contributed by atoms with Crippen LogP contribution < -0.4 is 0 Å². The van der Waals surface area contributed by atoms with E-state index in [4.69, 9.17) is 24.5 Å². The first-order valence-electron chi connectivity index (χ1n) is 9.06. The lowest BCUT2D eigenvalue weighted by atomic mass is 9.97. The Balaban J connectivity index is 2.00. The van der Waals surface area contributed by atoms with Crippen molar-refractivity contribution < 1.29 is 54.7 Å². The number of aliphatic hydroxyl groups is 7. The molecule has 14 heteroatoms. The molecular formula is C15H27N3O11. The van der Waals surface area contributed by atoms with Crippen molar-refractivity contribution in [3.63, 3.8) is 0 Å². The van der Waals surface area contributed by atoms with Crippen LogP contribution in [0.2, 0.25) is 0 Å². The van der Waals surface area contributed by atoms with Crippen LogP contribution in [0.5, 0.6) is 0 Å². The molecule has 0 aromatic heterocycles. The van der Waals surface area contributed by atoms with Crippen LogP contribution in [0.25, 0.3) is 10.4 Å². The number of nitrogens with zero attached hydrogens (tertiary/aromatic N) is 3. The molecule has 14 nitrogen and oxygen atoms in total. The van der Waals surface area contributed by atoms with Crippen molar-refractivity contribution >= 4 is 0 Å². The maximum Gasteiger partial charge on any atom is 0.187 e. The molecule has 0 unspecified atom stereocenters. The van der Waals surface area contributed by atoms with E-state index < -0.39 is 74.6 Å². The van der Waals surface area contributed by atoms with Gasteiger partial charge in [-0.15, -0.1) is 0 Å². The molecule has 10 atom stereocenters. The monoisotopic (exact) mass is 425 g/mol. The zero-order valence-corrected chi connectivity index (χ0v) is 15.4. The van der Waals surface area contributed by atoms with E-state index in [2.05, 4.69) is 10.0 Å². The molecule has 2 heterocycles. The Morgan fingerprint density at radius 2 is 1.45 bits per heavy atom. The predicted molar refractivity (Wildman–Crippen MR) is 91.0 cm³/mol. The summed E-state index contributed by atoms with van der Waals surface area (Å²) in [5.74, 6) is 0. The Labute approximate surface area is 165 Å². The van der Waals surface area contributed by atoms with Gasteiger partial charge in [0.05, 0.1) is 13.2 Å². The maximum absolute atomic E-state index is 10.4. The summed E-state index contributed by atoms with van der Waals surface area (Å²) >= 11 is 0. The van der Waals surface area contributed by atoms with Crippen molar-refractivity contribution in [3.8, 4) is 0 Å². The highest BCUT2D eigenvalue weighted by Gasteiger charge is 2.50. The van der Waals surface area contributed by atoms with Gasteiger partial charge >= 0.3 is 0 Å². The lowest BCUT2D eigenvalue weighted by Gasteiger charge is -2.45. The van der Waals surface area contributed by atoms with E-state index in [0.29, 0.717) is 6.42 Å². The predicted octanol–water partition coefficient (Wildman–Crippen LogP) is -3.67. The van der Waals surface area contributed by atoms with Crippen molar-refractivity contribution in [2.45, 2.75) is 67.8 Å². The van der Waals surface area contributed by atoms with Crippen LogP contribution in [-0.2, 0) is 18.9 Å². The molecule has 168 valence electrons. The molecule has 0 radical (unpaired) electrons. The van der Waals surface area contributed by atoms with Crippen LogP contribution in [-0.4, -0.2) is 124 Å². The van der Waals surface area contributed by atoms with Crippen LogP contribution in [0.1, 0.15) is 6.42 Å². The van der Waals surface area contributed by atoms with Crippen molar-refractivity contribution in [3.05, 3.63) is 10.4 Å². The third-order valence-electron chi connectivity index (χ3n) is 4.71. The molecule has 0 aromatic carbocycles. The van der Waals surface area contributed by atoms with Gasteiger partial charge in [0.15, 0.2) is 12.6 Å². The third kappa shape index (κ3) is 5.73. The van der Waals surface area contributed by atoms with E-state index >= 15 is 0 Å². The SMILES string of the molecule is [N-]=[N+]=NCCCO[C@@H]1O[C@H](CO)[C@@H](O[C@@H]2O[C@H](CO)[C@H](O)[C@H](O)[C@H]2O)[C@H](O)[C@H]1O. The minimum Gasteiger partial charge on any atom is -0.394 e. The second kappa shape index (κ2) is 11.3. The highest BCUT2D eigenvalue weighted by Crippen LogP contribution is 2.29. The highest BCUT2D eigenvalue weighted by atomic mass is 16.7. The van der Waals surface area contributed by atoms with E-state index in [0.717, 1.165) is 0 Å². The van der Waals surface area contributed by atoms with E-state index in [1.54, 1.807) is 0 Å². The minimum absolute atomic E-state index is 0.0455. The van der Waals surface area contributed by atoms with Gasteiger partial charge in [0.25, 0.3) is 0 Å². The molecule has 0 amide bonds. The Morgan fingerprint density at radius 1 is 0.828 bits per heavy atom. The summed E-state index contributed by atoms with van der Waals surface area (Å²) in [6, 6.07) is 0. The highest BCUT2D eigenvalue weighted by molar-refractivity contribution is 4.94. The minimum atomic E-state index is -1.73. The number of hydrogen-bond acceptors (Lipinski definition) is 12. The Kier molecular flexibility index (Phi) is 9.42. The number of ether oxygens (including phenoxy) is 4. The van der Waals surface area contributed by atoms with Crippen LogP contribution in [0.3, 0.4) is 0 Å². The average molecular weight is 425 g/mol. The molecule has 0 spiro atoms. The number of azide groups is 1. The molecule has 2 aliphatic rings. The average Bonchev–Trinajstić information content (AvgIpc) is 2.72. The first-order chi connectivity index (χ1) is 13.8. The van der Waals surface area contributed by atoms with Gasteiger partial charge in [0.1, 0.15) is 48.8 Å². The topological polar surface area (TPSA) is 227 Å². The summed E-state index contributed by atoms with van der Waals surface area (Å²) in [6.45, 7) is -1.12. The van der Waals surface area contributed by atoms with Gasteiger partial charge in [-0.05, 0) is 12.0 Å². The third-order valence-corrected chi connectivity index (χ3v) is 4.71. The number of hydrogen-bond donors (Lipinski definition) is 7. The summed E-state index contributed by atoms with van der Waals surface area (Å²) in [5, 5.41) is 72.4. The van der Waals surface area contributed by atoms with Crippen LogP contribution in [0.15, 0.2) is 5.11 Å². The van der Waals surface area contributed by atoms with E-state index in [1.165, 1.54) is 0 Å².